The Kier molecular flexibility index (Phi) is 7.27. The van der Waals surface area contributed by atoms with Crippen LogP contribution in [-0.2, 0) is 14.3 Å². The van der Waals surface area contributed by atoms with Gasteiger partial charge in [-0.25, -0.2) is 0 Å². The maximum absolute atomic E-state index is 12.5. The van der Waals surface area contributed by atoms with Crippen LogP contribution in [0.15, 0.2) is 24.8 Å². The summed E-state index contributed by atoms with van der Waals surface area (Å²) in [6.07, 6.45) is 1.70. The molecule has 2 amide bonds. The lowest BCUT2D eigenvalue weighted by Gasteiger charge is -2.42. The molecule has 1 atom stereocenters. The Hall–Kier alpha value is -1.66. The van der Waals surface area contributed by atoms with Gasteiger partial charge in [-0.15, -0.1) is 0 Å². The van der Waals surface area contributed by atoms with Crippen molar-refractivity contribution in [2.75, 3.05) is 46.9 Å². The lowest BCUT2D eigenvalue weighted by molar-refractivity contribution is -0.152. The molecule has 1 saturated heterocycles. The lowest BCUT2D eigenvalue weighted by atomic mass is 10.2. The average Bonchev–Trinajstić information content (AvgIpc) is 2.50. The monoisotopic (exact) mass is 309 g/mol. The van der Waals surface area contributed by atoms with Crippen LogP contribution in [0.3, 0.4) is 0 Å². The first kappa shape index (κ1) is 18.4. The number of carbonyl (C=O) groups is 2. The van der Waals surface area contributed by atoms with Crippen LogP contribution >= 0.6 is 0 Å². The summed E-state index contributed by atoms with van der Waals surface area (Å²) in [5, 5.41) is 0. The Morgan fingerprint density at radius 1 is 1.36 bits per heavy atom. The largest absolute Gasteiger partial charge is 0.376 e. The van der Waals surface area contributed by atoms with Crippen LogP contribution in [0.25, 0.3) is 0 Å². The third-order valence-electron chi connectivity index (χ3n) is 3.55. The zero-order valence-corrected chi connectivity index (χ0v) is 13.9. The first-order valence-corrected chi connectivity index (χ1v) is 7.50. The second kappa shape index (κ2) is 8.70. The van der Waals surface area contributed by atoms with E-state index in [4.69, 9.17) is 4.74 Å². The van der Waals surface area contributed by atoms with Crippen molar-refractivity contribution in [2.24, 2.45) is 0 Å². The van der Waals surface area contributed by atoms with Crippen LogP contribution in [0, 0.1) is 0 Å². The van der Waals surface area contributed by atoms with E-state index in [2.05, 4.69) is 18.1 Å². The fourth-order valence-corrected chi connectivity index (χ4v) is 2.41. The van der Waals surface area contributed by atoms with E-state index in [1.807, 2.05) is 14.1 Å². The van der Waals surface area contributed by atoms with Gasteiger partial charge in [-0.2, -0.15) is 0 Å². The zero-order chi connectivity index (χ0) is 16.7. The summed E-state index contributed by atoms with van der Waals surface area (Å²) in [5.41, 5.74) is 0.460. The van der Waals surface area contributed by atoms with Crippen molar-refractivity contribution < 1.29 is 14.3 Å². The highest BCUT2D eigenvalue weighted by atomic mass is 16.5. The number of amides is 2. The van der Waals surface area contributed by atoms with E-state index in [0.717, 1.165) is 13.0 Å². The first-order chi connectivity index (χ1) is 10.4. The molecular formula is C16H27N3O3. The summed E-state index contributed by atoms with van der Waals surface area (Å²) in [5.74, 6) is -0.323. The van der Waals surface area contributed by atoms with Crippen molar-refractivity contribution >= 4 is 11.8 Å². The molecule has 1 fully saturated rings. The smallest absolute Gasteiger partial charge is 0.250 e. The Balaban J connectivity index is 2.90. The zero-order valence-electron chi connectivity index (χ0n) is 13.9. The third-order valence-corrected chi connectivity index (χ3v) is 3.55. The van der Waals surface area contributed by atoms with Crippen LogP contribution in [0.2, 0.25) is 0 Å². The van der Waals surface area contributed by atoms with Gasteiger partial charge in [0, 0.05) is 18.7 Å². The molecule has 0 radical (unpaired) electrons. The molecule has 6 heteroatoms. The van der Waals surface area contributed by atoms with Gasteiger partial charge >= 0.3 is 0 Å². The Bertz CT molecular complexity index is 434. The second-order valence-corrected chi connectivity index (χ2v) is 5.73. The molecule has 0 N–H and O–H groups in total. The molecule has 0 aromatic carbocycles. The number of hydrogen-bond donors (Lipinski definition) is 0. The minimum Gasteiger partial charge on any atom is -0.376 e. The fraction of sp³-hybridized carbons (Fsp3) is 0.625. The molecule has 1 unspecified atom stereocenters. The summed E-state index contributed by atoms with van der Waals surface area (Å²) in [7, 11) is 3.98. The van der Waals surface area contributed by atoms with Gasteiger partial charge in [0.2, 0.25) is 5.91 Å². The molecule has 124 valence electrons. The SMILES string of the molecule is C=CC(=O)N1CCOCC1N(CCCN(C)C)C(=O)C(=C)C. The van der Waals surface area contributed by atoms with Gasteiger partial charge in [0.1, 0.15) is 6.17 Å². The van der Waals surface area contributed by atoms with Crippen molar-refractivity contribution in [1.82, 2.24) is 14.7 Å². The lowest BCUT2D eigenvalue weighted by Crippen LogP contribution is -2.59. The van der Waals surface area contributed by atoms with Gasteiger partial charge in [0.05, 0.1) is 13.2 Å². The van der Waals surface area contributed by atoms with Gasteiger partial charge < -0.3 is 19.4 Å². The summed E-state index contributed by atoms with van der Waals surface area (Å²) in [4.78, 5) is 29.9. The van der Waals surface area contributed by atoms with E-state index < -0.39 is 6.17 Å². The highest BCUT2D eigenvalue weighted by Gasteiger charge is 2.33. The van der Waals surface area contributed by atoms with Gasteiger partial charge in [0.15, 0.2) is 0 Å². The Labute approximate surface area is 133 Å². The molecular weight excluding hydrogens is 282 g/mol. The predicted molar refractivity (Wildman–Crippen MR) is 86.2 cm³/mol. The molecule has 0 spiro atoms. The molecule has 0 saturated carbocycles. The molecule has 0 bridgehead atoms. The van der Waals surface area contributed by atoms with Crippen molar-refractivity contribution in [3.63, 3.8) is 0 Å². The van der Waals surface area contributed by atoms with E-state index in [9.17, 15) is 9.59 Å². The van der Waals surface area contributed by atoms with E-state index >= 15 is 0 Å². The second-order valence-electron chi connectivity index (χ2n) is 5.73. The molecule has 6 nitrogen and oxygen atoms in total. The maximum Gasteiger partial charge on any atom is 0.250 e. The number of rotatable bonds is 7. The highest BCUT2D eigenvalue weighted by molar-refractivity contribution is 5.93. The van der Waals surface area contributed by atoms with Gasteiger partial charge in [0.25, 0.3) is 5.91 Å². The molecule has 0 aliphatic carbocycles. The Morgan fingerprint density at radius 2 is 2.05 bits per heavy atom. The van der Waals surface area contributed by atoms with E-state index in [1.54, 1.807) is 16.7 Å². The van der Waals surface area contributed by atoms with Crippen LogP contribution in [0.4, 0.5) is 0 Å². The van der Waals surface area contributed by atoms with Gasteiger partial charge in [-0.3, -0.25) is 9.59 Å². The van der Waals surface area contributed by atoms with E-state index in [-0.39, 0.29) is 11.8 Å². The number of nitrogens with zero attached hydrogens (tertiary/aromatic N) is 3. The number of morpholine rings is 1. The topological polar surface area (TPSA) is 53.1 Å². The summed E-state index contributed by atoms with van der Waals surface area (Å²) >= 11 is 0. The predicted octanol–water partition coefficient (Wildman–Crippen LogP) is 0.714. The molecule has 0 aromatic heterocycles. The average molecular weight is 309 g/mol. The minimum atomic E-state index is -0.398. The maximum atomic E-state index is 12.5. The fourth-order valence-electron chi connectivity index (χ4n) is 2.41. The normalized spacial score (nSPS) is 18.2. The summed E-state index contributed by atoms with van der Waals surface area (Å²) < 4.78 is 5.48. The van der Waals surface area contributed by atoms with Gasteiger partial charge in [-0.05, 0) is 40.1 Å². The third kappa shape index (κ3) is 4.96. The van der Waals surface area contributed by atoms with Crippen molar-refractivity contribution in [3.8, 4) is 0 Å². The van der Waals surface area contributed by atoms with Crippen LogP contribution in [0.5, 0.6) is 0 Å². The van der Waals surface area contributed by atoms with Crippen LogP contribution in [0.1, 0.15) is 13.3 Å². The standard InChI is InChI=1S/C16H27N3O3/c1-6-15(20)18-10-11-22-12-14(18)19(16(21)13(2)3)9-7-8-17(4)5/h6,14H,1-2,7-12H2,3-5H3. The highest BCUT2D eigenvalue weighted by Crippen LogP contribution is 2.16. The number of ether oxygens (including phenoxy) is 1. The summed E-state index contributed by atoms with van der Waals surface area (Å²) in [6, 6.07) is 0. The summed E-state index contributed by atoms with van der Waals surface area (Å²) in [6.45, 7) is 11.6. The molecule has 1 aliphatic heterocycles. The van der Waals surface area contributed by atoms with E-state index in [1.165, 1.54) is 6.08 Å². The quantitative estimate of drug-likeness (QED) is 0.650. The van der Waals surface area contributed by atoms with Crippen LogP contribution in [-0.4, -0.2) is 79.6 Å². The molecule has 1 heterocycles. The van der Waals surface area contributed by atoms with Crippen molar-refractivity contribution in [3.05, 3.63) is 24.8 Å². The molecule has 22 heavy (non-hydrogen) atoms. The number of carbonyl (C=O) groups excluding carboxylic acids is 2. The van der Waals surface area contributed by atoms with E-state index in [0.29, 0.717) is 31.9 Å². The Morgan fingerprint density at radius 3 is 2.59 bits per heavy atom. The van der Waals surface area contributed by atoms with Gasteiger partial charge in [-0.1, -0.05) is 13.2 Å². The first-order valence-electron chi connectivity index (χ1n) is 7.50. The number of hydrogen-bond acceptors (Lipinski definition) is 4. The van der Waals surface area contributed by atoms with Crippen molar-refractivity contribution in [1.29, 1.82) is 0 Å². The minimum absolute atomic E-state index is 0.142. The van der Waals surface area contributed by atoms with Crippen molar-refractivity contribution in [2.45, 2.75) is 19.5 Å². The molecule has 1 aliphatic rings. The molecule has 0 aromatic rings. The van der Waals surface area contributed by atoms with Crippen LogP contribution < -0.4 is 0 Å². The molecule has 1 rings (SSSR count).